The van der Waals surface area contributed by atoms with Crippen molar-refractivity contribution < 1.29 is 0 Å². The number of aromatic nitrogens is 3. The van der Waals surface area contributed by atoms with Gasteiger partial charge in [-0.15, -0.1) is 0 Å². The molecular formula is C13H19N7. The number of rotatable bonds is 4. The number of nitrogens with one attached hydrogen (secondary N) is 1. The molecule has 0 radical (unpaired) electrons. The summed E-state index contributed by atoms with van der Waals surface area (Å²) in [5.74, 6) is 0.154. The first-order valence-corrected chi connectivity index (χ1v) is 6.48. The summed E-state index contributed by atoms with van der Waals surface area (Å²) in [5.41, 5.74) is 13.1. The van der Waals surface area contributed by atoms with Gasteiger partial charge in [0.25, 0.3) is 0 Å². The van der Waals surface area contributed by atoms with E-state index < -0.39 is 0 Å². The smallest absolute Gasteiger partial charge is 0.232 e. The molecule has 0 aliphatic rings. The molecule has 0 aliphatic carbocycles. The van der Waals surface area contributed by atoms with Gasteiger partial charge in [0.2, 0.25) is 17.5 Å². The van der Waals surface area contributed by atoms with E-state index >= 15 is 0 Å². The molecule has 1 aromatic carbocycles. The molecule has 1 aromatic heterocycles. The Labute approximate surface area is 117 Å². The second kappa shape index (κ2) is 5.60. The first-order valence-electron chi connectivity index (χ1n) is 6.48. The molecule has 7 heteroatoms. The molecule has 1 heterocycles. The molecule has 5 N–H and O–H groups in total. The van der Waals surface area contributed by atoms with Gasteiger partial charge < -0.3 is 16.4 Å². The molecule has 0 spiro atoms. The Hall–Kier alpha value is -2.57. The summed E-state index contributed by atoms with van der Waals surface area (Å²) in [6.45, 7) is 6.11. The van der Waals surface area contributed by atoms with Gasteiger partial charge in [-0.2, -0.15) is 9.97 Å². The Morgan fingerprint density at radius 2 is 1.70 bits per heavy atom. The quantitative estimate of drug-likeness (QED) is 0.761. The van der Waals surface area contributed by atoms with Crippen LogP contribution in [0.4, 0.5) is 17.6 Å². The first kappa shape index (κ1) is 13.9. The average Bonchev–Trinajstić information content (AvgIpc) is 2.40. The average molecular weight is 273 g/mol. The second-order valence-corrected chi connectivity index (χ2v) is 4.29. The summed E-state index contributed by atoms with van der Waals surface area (Å²) in [4.78, 5) is 9.92. The van der Waals surface area contributed by atoms with Gasteiger partial charge in [0.1, 0.15) is 0 Å². The van der Waals surface area contributed by atoms with Crippen LogP contribution in [0.3, 0.4) is 0 Å². The molecule has 2 rings (SSSR count). The summed E-state index contributed by atoms with van der Waals surface area (Å²) in [7, 11) is 0. The van der Waals surface area contributed by atoms with Crippen LogP contribution in [0.2, 0.25) is 0 Å². The normalized spacial score (nSPS) is 10.5. The molecule has 0 bridgehead atoms. The summed E-state index contributed by atoms with van der Waals surface area (Å²) in [5, 5.41) is 7.84. The third-order valence-corrected chi connectivity index (χ3v) is 3.13. The second-order valence-electron chi connectivity index (χ2n) is 4.29. The van der Waals surface area contributed by atoms with Crippen LogP contribution in [0.1, 0.15) is 13.8 Å². The van der Waals surface area contributed by atoms with Gasteiger partial charge in [-0.3, -0.25) is 5.41 Å². The maximum atomic E-state index is 7.84. The van der Waals surface area contributed by atoms with Gasteiger partial charge in [-0.05, 0) is 38.1 Å². The van der Waals surface area contributed by atoms with E-state index in [0.29, 0.717) is 0 Å². The number of nitrogen functional groups attached to an aromatic ring is 2. The molecule has 0 saturated carbocycles. The van der Waals surface area contributed by atoms with Crippen LogP contribution in [-0.4, -0.2) is 27.6 Å². The van der Waals surface area contributed by atoms with E-state index in [2.05, 4.69) is 28.7 Å². The first-order chi connectivity index (χ1) is 9.56. The van der Waals surface area contributed by atoms with Crippen molar-refractivity contribution in [2.75, 3.05) is 29.5 Å². The van der Waals surface area contributed by atoms with Crippen molar-refractivity contribution in [1.29, 1.82) is 5.41 Å². The van der Waals surface area contributed by atoms with Gasteiger partial charge in [0.15, 0.2) is 0 Å². The predicted molar refractivity (Wildman–Crippen MR) is 79.6 cm³/mol. The fourth-order valence-electron chi connectivity index (χ4n) is 2.12. The van der Waals surface area contributed by atoms with Gasteiger partial charge in [-0.25, -0.2) is 4.57 Å². The van der Waals surface area contributed by atoms with Crippen LogP contribution in [0.25, 0.3) is 5.69 Å². The lowest BCUT2D eigenvalue weighted by atomic mass is 10.2. The maximum Gasteiger partial charge on any atom is 0.232 e. The molecule has 0 amide bonds. The lowest BCUT2D eigenvalue weighted by Gasteiger charge is -2.21. The number of hydrogen-bond donors (Lipinski definition) is 3. The fourth-order valence-corrected chi connectivity index (χ4v) is 2.12. The minimum absolute atomic E-state index is 0.00325. The molecule has 0 fully saturated rings. The summed E-state index contributed by atoms with van der Waals surface area (Å²) < 4.78 is 1.45. The molecular weight excluding hydrogens is 254 g/mol. The maximum absolute atomic E-state index is 7.84. The number of nitrogens with two attached hydrogens (primary N) is 2. The van der Waals surface area contributed by atoms with Crippen LogP contribution in [0.5, 0.6) is 0 Å². The fraction of sp³-hybridized carbons (Fsp3) is 0.308. The minimum Gasteiger partial charge on any atom is -0.372 e. The van der Waals surface area contributed by atoms with Crippen molar-refractivity contribution in [3.8, 4) is 5.69 Å². The van der Waals surface area contributed by atoms with Gasteiger partial charge in [0.05, 0.1) is 5.69 Å². The van der Waals surface area contributed by atoms with Crippen molar-refractivity contribution in [2.45, 2.75) is 13.8 Å². The predicted octanol–water partition coefficient (Wildman–Crippen LogP) is 0.757. The summed E-state index contributed by atoms with van der Waals surface area (Å²) >= 11 is 0. The number of benzene rings is 1. The standard InChI is InChI=1S/C13H19N7/c1-3-19(4-2)9-5-7-10(8-6-9)20-12(15)17-11(14)18-13(20)16/h5-8H,3-4H2,1-2H3,(H5,14,15,16,17,18). The van der Waals surface area contributed by atoms with E-state index in [1.807, 2.05) is 24.3 Å². The summed E-state index contributed by atoms with van der Waals surface area (Å²) in [6.07, 6.45) is 0. The van der Waals surface area contributed by atoms with Crippen molar-refractivity contribution in [3.05, 3.63) is 29.9 Å². The van der Waals surface area contributed by atoms with E-state index in [4.69, 9.17) is 16.9 Å². The highest BCUT2D eigenvalue weighted by molar-refractivity contribution is 5.52. The van der Waals surface area contributed by atoms with Gasteiger partial charge >= 0.3 is 0 Å². The molecule has 7 nitrogen and oxygen atoms in total. The molecule has 0 unspecified atom stereocenters. The minimum atomic E-state index is -0.0365. The topological polar surface area (TPSA) is 110 Å². The van der Waals surface area contributed by atoms with Crippen LogP contribution in [0, 0.1) is 5.41 Å². The lowest BCUT2D eigenvalue weighted by molar-refractivity contribution is 0.826. The number of nitrogens with zero attached hydrogens (tertiary/aromatic N) is 4. The third-order valence-electron chi connectivity index (χ3n) is 3.13. The van der Waals surface area contributed by atoms with E-state index in [-0.39, 0.29) is 17.5 Å². The molecule has 0 atom stereocenters. The van der Waals surface area contributed by atoms with E-state index in [1.54, 1.807) is 0 Å². The molecule has 2 aromatic rings. The Balaban J connectivity index is 2.43. The zero-order valence-electron chi connectivity index (χ0n) is 11.7. The zero-order chi connectivity index (χ0) is 14.7. The Kier molecular flexibility index (Phi) is 3.88. The van der Waals surface area contributed by atoms with Crippen LogP contribution in [-0.2, 0) is 0 Å². The van der Waals surface area contributed by atoms with Crippen LogP contribution < -0.4 is 22.0 Å². The Morgan fingerprint density at radius 1 is 1.10 bits per heavy atom. The molecule has 0 aliphatic heterocycles. The van der Waals surface area contributed by atoms with Crippen molar-refractivity contribution in [1.82, 2.24) is 14.5 Å². The Bertz CT molecular complexity index is 641. The van der Waals surface area contributed by atoms with Crippen molar-refractivity contribution in [2.24, 2.45) is 0 Å². The number of anilines is 3. The highest BCUT2D eigenvalue weighted by Crippen LogP contribution is 2.17. The van der Waals surface area contributed by atoms with Crippen molar-refractivity contribution >= 4 is 17.6 Å². The van der Waals surface area contributed by atoms with E-state index in [1.165, 1.54) is 4.57 Å². The SMILES string of the molecule is CCN(CC)c1ccc(-n2c(N)nc(N)nc2=N)cc1. The molecule has 20 heavy (non-hydrogen) atoms. The van der Waals surface area contributed by atoms with Crippen molar-refractivity contribution in [3.63, 3.8) is 0 Å². The van der Waals surface area contributed by atoms with E-state index in [0.717, 1.165) is 24.5 Å². The van der Waals surface area contributed by atoms with Crippen LogP contribution >= 0.6 is 0 Å². The highest BCUT2D eigenvalue weighted by atomic mass is 15.2. The number of hydrogen-bond acceptors (Lipinski definition) is 6. The monoisotopic (exact) mass is 273 g/mol. The van der Waals surface area contributed by atoms with E-state index in [9.17, 15) is 0 Å². The largest absolute Gasteiger partial charge is 0.372 e. The Morgan fingerprint density at radius 3 is 2.20 bits per heavy atom. The third kappa shape index (κ3) is 2.56. The molecule has 106 valence electrons. The highest BCUT2D eigenvalue weighted by Gasteiger charge is 2.07. The van der Waals surface area contributed by atoms with Crippen LogP contribution in [0.15, 0.2) is 24.3 Å². The lowest BCUT2D eigenvalue weighted by Crippen LogP contribution is -2.27. The molecule has 0 saturated heterocycles. The van der Waals surface area contributed by atoms with Gasteiger partial charge in [0, 0.05) is 18.8 Å². The summed E-state index contributed by atoms with van der Waals surface area (Å²) in [6, 6.07) is 7.76. The van der Waals surface area contributed by atoms with Gasteiger partial charge in [-0.1, -0.05) is 0 Å². The zero-order valence-corrected chi connectivity index (χ0v) is 11.7.